The number of hydrogen-bond acceptors (Lipinski definition) is 2. The Morgan fingerprint density at radius 2 is 1.72 bits per heavy atom. The maximum atomic E-state index is 11.2. The molecule has 0 radical (unpaired) electrons. The van der Waals surface area contributed by atoms with E-state index in [1.807, 2.05) is 0 Å². The molecule has 0 spiro atoms. The van der Waals surface area contributed by atoms with E-state index in [4.69, 9.17) is 0 Å². The second-order valence-electron chi connectivity index (χ2n) is 5.84. The highest BCUT2D eigenvalue weighted by Gasteiger charge is 2.32. The summed E-state index contributed by atoms with van der Waals surface area (Å²) in [6.07, 6.45) is 2.94. The first-order valence-electron chi connectivity index (χ1n) is 6.81. The SMILES string of the molecule is CC(C)c1ccc(CC2(O)CCC(=O)CC2)cc1. The predicted molar refractivity (Wildman–Crippen MR) is 72.7 cm³/mol. The molecule has 2 rings (SSSR count). The van der Waals surface area contributed by atoms with Crippen molar-refractivity contribution in [2.75, 3.05) is 0 Å². The van der Waals surface area contributed by atoms with Crippen molar-refractivity contribution < 1.29 is 9.90 Å². The van der Waals surface area contributed by atoms with Crippen molar-refractivity contribution in [2.45, 2.75) is 57.5 Å². The van der Waals surface area contributed by atoms with Gasteiger partial charge in [-0.25, -0.2) is 0 Å². The van der Waals surface area contributed by atoms with Crippen molar-refractivity contribution in [3.63, 3.8) is 0 Å². The van der Waals surface area contributed by atoms with Crippen LogP contribution in [0, 0.1) is 0 Å². The van der Waals surface area contributed by atoms with Gasteiger partial charge in [-0.3, -0.25) is 4.79 Å². The minimum absolute atomic E-state index is 0.287. The summed E-state index contributed by atoms with van der Waals surface area (Å²) in [5.41, 5.74) is 1.81. The molecule has 0 atom stereocenters. The number of ketones is 1. The van der Waals surface area contributed by atoms with Crippen LogP contribution in [0.15, 0.2) is 24.3 Å². The van der Waals surface area contributed by atoms with Crippen molar-refractivity contribution in [3.05, 3.63) is 35.4 Å². The normalized spacial score (nSPS) is 19.2. The lowest BCUT2D eigenvalue weighted by atomic mass is 9.80. The van der Waals surface area contributed by atoms with E-state index in [1.165, 1.54) is 5.56 Å². The van der Waals surface area contributed by atoms with Gasteiger partial charge in [0.1, 0.15) is 5.78 Å². The van der Waals surface area contributed by atoms with E-state index in [9.17, 15) is 9.90 Å². The lowest BCUT2D eigenvalue weighted by molar-refractivity contribution is -0.125. The van der Waals surface area contributed by atoms with Crippen LogP contribution in [0.5, 0.6) is 0 Å². The third-order valence-electron chi connectivity index (χ3n) is 3.92. The van der Waals surface area contributed by atoms with E-state index in [1.54, 1.807) is 0 Å². The summed E-state index contributed by atoms with van der Waals surface area (Å²) in [5, 5.41) is 10.5. The maximum absolute atomic E-state index is 11.2. The van der Waals surface area contributed by atoms with Crippen LogP contribution in [0.25, 0.3) is 0 Å². The number of aliphatic hydroxyl groups is 1. The summed E-state index contributed by atoms with van der Waals surface area (Å²) in [4.78, 5) is 11.2. The van der Waals surface area contributed by atoms with Crippen LogP contribution in [-0.4, -0.2) is 16.5 Å². The molecule has 0 unspecified atom stereocenters. The Morgan fingerprint density at radius 1 is 1.17 bits per heavy atom. The lowest BCUT2D eigenvalue weighted by Gasteiger charge is -2.31. The Kier molecular flexibility index (Phi) is 3.86. The van der Waals surface area contributed by atoms with Gasteiger partial charge >= 0.3 is 0 Å². The van der Waals surface area contributed by atoms with Crippen molar-refractivity contribution in [3.8, 4) is 0 Å². The van der Waals surface area contributed by atoms with Crippen LogP contribution < -0.4 is 0 Å². The standard InChI is InChI=1S/C16H22O2/c1-12(2)14-5-3-13(4-6-14)11-16(18)9-7-15(17)8-10-16/h3-6,12,18H,7-11H2,1-2H3. The molecule has 1 aromatic carbocycles. The molecule has 1 aliphatic carbocycles. The van der Waals surface area contributed by atoms with Gasteiger partial charge in [-0.05, 0) is 29.9 Å². The van der Waals surface area contributed by atoms with Crippen LogP contribution >= 0.6 is 0 Å². The van der Waals surface area contributed by atoms with Gasteiger partial charge in [0.25, 0.3) is 0 Å². The highest BCUT2D eigenvalue weighted by atomic mass is 16.3. The number of carbonyl (C=O) groups excluding carboxylic acids is 1. The van der Waals surface area contributed by atoms with Crippen LogP contribution in [0.3, 0.4) is 0 Å². The molecular weight excluding hydrogens is 224 g/mol. The Bertz CT molecular complexity index is 407. The summed E-state index contributed by atoms with van der Waals surface area (Å²) in [6, 6.07) is 8.47. The first-order chi connectivity index (χ1) is 8.48. The molecule has 1 aliphatic rings. The molecule has 18 heavy (non-hydrogen) atoms. The molecule has 98 valence electrons. The molecule has 0 aromatic heterocycles. The summed E-state index contributed by atoms with van der Waals surface area (Å²) in [5.74, 6) is 0.823. The second-order valence-corrected chi connectivity index (χ2v) is 5.84. The number of Topliss-reactive ketones (excluding diaryl/α,β-unsaturated/α-hetero) is 1. The van der Waals surface area contributed by atoms with Gasteiger partial charge in [-0.2, -0.15) is 0 Å². The predicted octanol–water partition coefficient (Wildman–Crippen LogP) is 3.23. The van der Waals surface area contributed by atoms with Crippen molar-refractivity contribution in [1.82, 2.24) is 0 Å². The van der Waals surface area contributed by atoms with Gasteiger partial charge in [0, 0.05) is 19.3 Å². The first kappa shape index (κ1) is 13.3. The molecule has 0 bridgehead atoms. The maximum Gasteiger partial charge on any atom is 0.133 e. The number of hydrogen-bond donors (Lipinski definition) is 1. The van der Waals surface area contributed by atoms with E-state index >= 15 is 0 Å². The monoisotopic (exact) mass is 246 g/mol. The Balaban J connectivity index is 2.02. The van der Waals surface area contributed by atoms with Crippen LogP contribution in [0.2, 0.25) is 0 Å². The van der Waals surface area contributed by atoms with Crippen LogP contribution in [-0.2, 0) is 11.2 Å². The van der Waals surface area contributed by atoms with Gasteiger partial charge < -0.3 is 5.11 Å². The molecule has 0 saturated heterocycles. The molecule has 2 heteroatoms. The van der Waals surface area contributed by atoms with Crippen molar-refractivity contribution in [2.24, 2.45) is 0 Å². The van der Waals surface area contributed by atoms with Crippen molar-refractivity contribution in [1.29, 1.82) is 0 Å². The van der Waals surface area contributed by atoms with Gasteiger partial charge in [-0.15, -0.1) is 0 Å². The average Bonchev–Trinajstić information content (AvgIpc) is 2.34. The Labute approximate surface area is 109 Å². The third-order valence-corrected chi connectivity index (χ3v) is 3.92. The molecule has 0 heterocycles. The lowest BCUT2D eigenvalue weighted by Crippen LogP contribution is -2.36. The van der Waals surface area contributed by atoms with Crippen molar-refractivity contribution >= 4 is 5.78 Å². The summed E-state index contributed by atoms with van der Waals surface area (Å²) < 4.78 is 0. The van der Waals surface area contributed by atoms with Crippen LogP contribution in [0.4, 0.5) is 0 Å². The fourth-order valence-electron chi connectivity index (χ4n) is 2.57. The zero-order valence-electron chi connectivity index (χ0n) is 11.3. The fraction of sp³-hybridized carbons (Fsp3) is 0.562. The summed E-state index contributed by atoms with van der Waals surface area (Å²) in [6.45, 7) is 4.35. The van der Waals surface area contributed by atoms with E-state index < -0.39 is 5.60 Å². The van der Waals surface area contributed by atoms with E-state index in [-0.39, 0.29) is 5.78 Å². The Morgan fingerprint density at radius 3 is 2.22 bits per heavy atom. The molecular formula is C16H22O2. The smallest absolute Gasteiger partial charge is 0.133 e. The van der Waals surface area contributed by atoms with E-state index in [0.29, 0.717) is 38.0 Å². The van der Waals surface area contributed by atoms with E-state index in [2.05, 4.69) is 38.1 Å². The Hall–Kier alpha value is -1.15. The van der Waals surface area contributed by atoms with Gasteiger partial charge in [0.2, 0.25) is 0 Å². The van der Waals surface area contributed by atoms with Gasteiger partial charge in [-0.1, -0.05) is 38.1 Å². The largest absolute Gasteiger partial charge is 0.390 e. The number of benzene rings is 1. The molecule has 1 fully saturated rings. The van der Waals surface area contributed by atoms with Crippen LogP contribution in [0.1, 0.15) is 56.6 Å². The fourth-order valence-corrected chi connectivity index (χ4v) is 2.57. The summed E-state index contributed by atoms with van der Waals surface area (Å²) in [7, 11) is 0. The molecule has 0 aliphatic heterocycles. The second kappa shape index (κ2) is 5.23. The zero-order valence-corrected chi connectivity index (χ0v) is 11.3. The molecule has 2 nitrogen and oxygen atoms in total. The molecule has 1 aromatic rings. The number of rotatable bonds is 3. The average molecular weight is 246 g/mol. The molecule has 0 amide bonds. The first-order valence-corrected chi connectivity index (χ1v) is 6.81. The highest BCUT2D eigenvalue weighted by molar-refractivity contribution is 5.79. The molecule has 1 saturated carbocycles. The minimum atomic E-state index is -0.673. The summed E-state index contributed by atoms with van der Waals surface area (Å²) >= 11 is 0. The third kappa shape index (κ3) is 3.20. The minimum Gasteiger partial charge on any atom is -0.390 e. The highest BCUT2D eigenvalue weighted by Crippen LogP contribution is 2.30. The topological polar surface area (TPSA) is 37.3 Å². The molecule has 1 N–H and O–H groups in total. The quantitative estimate of drug-likeness (QED) is 0.889. The van der Waals surface area contributed by atoms with Gasteiger partial charge in [0.15, 0.2) is 0 Å². The van der Waals surface area contributed by atoms with Gasteiger partial charge in [0.05, 0.1) is 5.60 Å². The zero-order chi connectivity index (χ0) is 13.2. The number of carbonyl (C=O) groups is 1. The van der Waals surface area contributed by atoms with E-state index in [0.717, 1.165) is 5.56 Å².